The summed E-state index contributed by atoms with van der Waals surface area (Å²) in [4.78, 5) is 23.1. The van der Waals surface area contributed by atoms with E-state index in [0.29, 0.717) is 11.4 Å². The highest BCUT2D eigenvalue weighted by molar-refractivity contribution is 6.37. The smallest absolute Gasteiger partial charge is 0.257 e. The molecule has 6 nitrogen and oxygen atoms in total. The third-order valence-corrected chi connectivity index (χ3v) is 3.65. The molecule has 0 fully saturated rings. The first-order valence-electron chi connectivity index (χ1n) is 6.87. The number of amides is 2. The number of hydrogen-bond donors (Lipinski definition) is 2. The molecule has 0 saturated heterocycles. The molecular formula is C16H13Cl2FN2O4. The molecule has 0 aromatic heterocycles. The van der Waals surface area contributed by atoms with Gasteiger partial charge in [0, 0.05) is 11.8 Å². The van der Waals surface area contributed by atoms with Crippen LogP contribution in [0.4, 0.5) is 10.1 Å². The van der Waals surface area contributed by atoms with E-state index >= 15 is 0 Å². The number of halogens is 3. The van der Waals surface area contributed by atoms with Gasteiger partial charge >= 0.3 is 0 Å². The van der Waals surface area contributed by atoms with E-state index in [1.807, 2.05) is 0 Å². The Morgan fingerprint density at radius 1 is 1.16 bits per heavy atom. The molecule has 2 rings (SSSR count). The van der Waals surface area contributed by atoms with Crippen LogP contribution in [0.25, 0.3) is 0 Å². The minimum Gasteiger partial charge on any atom is -0.493 e. The predicted molar refractivity (Wildman–Crippen MR) is 92.1 cm³/mol. The van der Waals surface area contributed by atoms with Gasteiger partial charge in [-0.25, -0.2) is 4.39 Å². The summed E-state index contributed by atoms with van der Waals surface area (Å²) in [6, 6.07) is 6.57. The van der Waals surface area contributed by atoms with Crippen LogP contribution in [-0.2, 0) is 4.79 Å². The van der Waals surface area contributed by atoms with Crippen molar-refractivity contribution in [3.63, 3.8) is 0 Å². The highest BCUT2D eigenvalue weighted by atomic mass is 35.5. The van der Waals surface area contributed by atoms with E-state index in [0.717, 1.165) is 12.1 Å². The number of benzene rings is 2. The van der Waals surface area contributed by atoms with Crippen molar-refractivity contribution in [2.24, 2.45) is 5.73 Å². The summed E-state index contributed by atoms with van der Waals surface area (Å²) >= 11 is 11.5. The van der Waals surface area contributed by atoms with E-state index < -0.39 is 17.6 Å². The van der Waals surface area contributed by atoms with Gasteiger partial charge in [-0.05, 0) is 24.3 Å². The molecule has 0 atom stereocenters. The van der Waals surface area contributed by atoms with Crippen LogP contribution in [0.5, 0.6) is 11.5 Å². The van der Waals surface area contributed by atoms with Gasteiger partial charge < -0.3 is 20.5 Å². The molecule has 0 unspecified atom stereocenters. The number of anilines is 1. The average molecular weight is 387 g/mol. The van der Waals surface area contributed by atoms with Gasteiger partial charge in [0.25, 0.3) is 11.8 Å². The van der Waals surface area contributed by atoms with Crippen LogP contribution >= 0.6 is 23.2 Å². The second-order valence-corrected chi connectivity index (χ2v) is 5.64. The maximum Gasteiger partial charge on any atom is 0.257 e. The molecule has 0 saturated carbocycles. The van der Waals surface area contributed by atoms with Gasteiger partial charge in [-0.15, -0.1) is 0 Å². The lowest BCUT2D eigenvalue weighted by atomic mass is 10.2. The van der Waals surface area contributed by atoms with Gasteiger partial charge in [-0.3, -0.25) is 9.59 Å². The molecule has 0 aliphatic rings. The molecule has 2 aromatic rings. The van der Waals surface area contributed by atoms with Gasteiger partial charge in [0.2, 0.25) is 0 Å². The fraction of sp³-hybridized carbons (Fsp3) is 0.125. The lowest BCUT2D eigenvalue weighted by molar-refractivity contribution is -0.119. The van der Waals surface area contributed by atoms with E-state index in [1.54, 1.807) is 0 Å². The van der Waals surface area contributed by atoms with Gasteiger partial charge in [0.05, 0.1) is 22.7 Å². The standard InChI is InChI=1S/C16H13Cl2FN2O4/c1-24-13-3-2-8(4-14(13)25-7-15(20)22)21-16(23)9-5-12(19)11(18)6-10(9)17/h2-6H,7H2,1H3,(H2,20,22)(H,21,23). The first-order chi connectivity index (χ1) is 11.8. The van der Waals surface area contributed by atoms with Gasteiger partial charge in [-0.2, -0.15) is 0 Å². The van der Waals surface area contributed by atoms with Crippen LogP contribution in [-0.4, -0.2) is 25.5 Å². The Morgan fingerprint density at radius 2 is 1.88 bits per heavy atom. The summed E-state index contributed by atoms with van der Waals surface area (Å²) in [6.45, 7) is -0.359. The van der Waals surface area contributed by atoms with Crippen molar-refractivity contribution in [2.75, 3.05) is 19.0 Å². The second-order valence-electron chi connectivity index (χ2n) is 4.82. The Balaban J connectivity index is 2.24. The molecule has 0 aliphatic carbocycles. The second kappa shape index (κ2) is 8.04. The third-order valence-electron chi connectivity index (χ3n) is 3.05. The molecule has 0 radical (unpaired) electrons. The summed E-state index contributed by atoms with van der Waals surface area (Å²) in [5.74, 6) is -1.54. The van der Waals surface area contributed by atoms with Gasteiger partial charge in [-0.1, -0.05) is 23.2 Å². The summed E-state index contributed by atoms with van der Waals surface area (Å²) in [7, 11) is 1.42. The summed E-state index contributed by atoms with van der Waals surface area (Å²) in [5, 5.41) is 2.36. The number of ether oxygens (including phenoxy) is 2. The number of methoxy groups -OCH3 is 1. The Kier molecular flexibility index (Phi) is 6.06. The van der Waals surface area contributed by atoms with Crippen molar-refractivity contribution in [2.45, 2.75) is 0 Å². The number of carbonyl (C=O) groups is 2. The Labute approximate surface area is 152 Å². The largest absolute Gasteiger partial charge is 0.493 e. The molecule has 3 N–H and O–H groups in total. The van der Waals surface area contributed by atoms with Crippen LogP contribution in [0, 0.1) is 5.82 Å². The number of rotatable bonds is 6. The fourth-order valence-electron chi connectivity index (χ4n) is 1.91. The zero-order chi connectivity index (χ0) is 18.6. The molecule has 2 aromatic carbocycles. The van der Waals surface area contributed by atoms with Crippen molar-refractivity contribution in [3.05, 3.63) is 51.8 Å². The number of carbonyl (C=O) groups excluding carboxylic acids is 2. The average Bonchev–Trinajstić information content (AvgIpc) is 2.56. The summed E-state index contributed by atoms with van der Waals surface area (Å²) < 4.78 is 23.9. The number of hydrogen-bond acceptors (Lipinski definition) is 4. The molecule has 0 heterocycles. The molecule has 0 bridgehead atoms. The van der Waals surface area contributed by atoms with Gasteiger partial charge in [0.15, 0.2) is 18.1 Å². The van der Waals surface area contributed by atoms with Gasteiger partial charge in [0.1, 0.15) is 5.82 Å². The fourth-order valence-corrected chi connectivity index (χ4v) is 2.38. The first-order valence-corrected chi connectivity index (χ1v) is 7.62. The number of nitrogens with two attached hydrogens (primary N) is 1. The van der Waals surface area contributed by atoms with Crippen molar-refractivity contribution in [1.82, 2.24) is 0 Å². The van der Waals surface area contributed by atoms with E-state index in [-0.39, 0.29) is 28.0 Å². The van der Waals surface area contributed by atoms with Crippen LogP contribution in [0.2, 0.25) is 10.0 Å². The van der Waals surface area contributed by atoms with E-state index in [1.165, 1.54) is 25.3 Å². The van der Waals surface area contributed by atoms with E-state index in [9.17, 15) is 14.0 Å². The highest BCUT2D eigenvalue weighted by Gasteiger charge is 2.15. The maximum atomic E-state index is 13.5. The zero-order valence-corrected chi connectivity index (χ0v) is 14.4. The third kappa shape index (κ3) is 4.74. The van der Waals surface area contributed by atoms with E-state index in [4.69, 9.17) is 38.4 Å². The van der Waals surface area contributed by atoms with Crippen LogP contribution < -0.4 is 20.5 Å². The minimum absolute atomic E-state index is 0.00242. The van der Waals surface area contributed by atoms with Crippen molar-refractivity contribution in [1.29, 1.82) is 0 Å². The summed E-state index contributed by atoms with van der Waals surface area (Å²) in [5.41, 5.74) is 5.27. The maximum absolute atomic E-state index is 13.5. The summed E-state index contributed by atoms with van der Waals surface area (Å²) in [6.07, 6.45) is 0. The molecule has 0 aliphatic heterocycles. The quantitative estimate of drug-likeness (QED) is 0.745. The normalized spacial score (nSPS) is 10.2. The molecular weight excluding hydrogens is 374 g/mol. The predicted octanol–water partition coefficient (Wildman–Crippen LogP) is 3.26. The van der Waals surface area contributed by atoms with Crippen LogP contribution in [0.3, 0.4) is 0 Å². The molecule has 9 heteroatoms. The first kappa shape index (κ1) is 18.8. The molecule has 2 amide bonds. The molecule has 25 heavy (non-hydrogen) atoms. The topological polar surface area (TPSA) is 90.7 Å². The zero-order valence-electron chi connectivity index (χ0n) is 12.9. The minimum atomic E-state index is -0.767. The van der Waals surface area contributed by atoms with Crippen molar-refractivity contribution >= 4 is 40.7 Å². The van der Waals surface area contributed by atoms with Crippen LogP contribution in [0.15, 0.2) is 30.3 Å². The Hall–Kier alpha value is -2.51. The lowest BCUT2D eigenvalue weighted by Gasteiger charge is -2.12. The van der Waals surface area contributed by atoms with E-state index in [2.05, 4.69) is 5.32 Å². The number of primary amides is 1. The number of nitrogens with one attached hydrogen (secondary N) is 1. The lowest BCUT2D eigenvalue weighted by Crippen LogP contribution is -2.20. The van der Waals surface area contributed by atoms with Crippen molar-refractivity contribution < 1.29 is 23.5 Å². The molecule has 132 valence electrons. The Morgan fingerprint density at radius 3 is 2.52 bits per heavy atom. The molecule has 0 spiro atoms. The highest BCUT2D eigenvalue weighted by Crippen LogP contribution is 2.31. The SMILES string of the molecule is COc1ccc(NC(=O)c2cc(F)c(Cl)cc2Cl)cc1OCC(N)=O. The van der Waals surface area contributed by atoms with Crippen LogP contribution in [0.1, 0.15) is 10.4 Å². The van der Waals surface area contributed by atoms with Crippen molar-refractivity contribution in [3.8, 4) is 11.5 Å². The Bertz CT molecular complexity index is 830. The monoisotopic (exact) mass is 386 g/mol.